The SMILES string of the molecule is C#CC1=C(C)/C(=C\c2ccc(-c3ccc(S(N)(=O)=O)cc3)o2)C(=O)N(CCc2ccccc2)C1=O. The lowest BCUT2D eigenvalue weighted by molar-refractivity contribution is -0.140. The number of benzene rings is 2. The molecule has 0 aliphatic carbocycles. The van der Waals surface area contributed by atoms with Crippen molar-refractivity contribution in [3.8, 4) is 23.7 Å². The van der Waals surface area contributed by atoms with Crippen molar-refractivity contribution in [2.75, 3.05) is 6.54 Å². The largest absolute Gasteiger partial charge is 0.457 e. The van der Waals surface area contributed by atoms with Gasteiger partial charge in [0.1, 0.15) is 11.5 Å². The topological polar surface area (TPSA) is 111 Å². The third kappa shape index (κ3) is 5.01. The maximum absolute atomic E-state index is 13.3. The average molecular weight is 487 g/mol. The number of carbonyl (C=O) groups excluding carboxylic acids is 2. The van der Waals surface area contributed by atoms with E-state index in [1.165, 1.54) is 12.1 Å². The fourth-order valence-electron chi connectivity index (χ4n) is 3.79. The van der Waals surface area contributed by atoms with Crippen LogP contribution in [0.4, 0.5) is 0 Å². The maximum Gasteiger partial charge on any atom is 0.269 e. The standard InChI is InChI=1S/C27H22N2O5S/c1-3-23-18(2)24(27(31)29(26(23)30)16-15-19-7-5-4-6-8-19)17-21-11-14-25(34-21)20-9-12-22(13-10-20)35(28,32)33/h1,4-14,17H,15-16H2,2H3,(H2,28,32,33)/b24-17+. The van der Waals surface area contributed by atoms with E-state index in [4.69, 9.17) is 16.0 Å². The molecule has 2 heterocycles. The minimum absolute atomic E-state index is 0.00853. The number of amides is 2. The van der Waals surface area contributed by atoms with Gasteiger partial charge in [0.25, 0.3) is 11.8 Å². The molecule has 1 aromatic heterocycles. The highest BCUT2D eigenvalue weighted by Crippen LogP contribution is 2.29. The van der Waals surface area contributed by atoms with E-state index in [1.54, 1.807) is 37.3 Å². The number of terminal acetylenes is 1. The van der Waals surface area contributed by atoms with E-state index in [-0.39, 0.29) is 22.6 Å². The lowest BCUT2D eigenvalue weighted by Crippen LogP contribution is -2.43. The number of primary sulfonamides is 1. The molecule has 2 aromatic carbocycles. The van der Waals surface area contributed by atoms with Crippen molar-refractivity contribution in [3.63, 3.8) is 0 Å². The molecule has 176 valence electrons. The zero-order chi connectivity index (χ0) is 25.2. The zero-order valence-corrected chi connectivity index (χ0v) is 19.7. The minimum Gasteiger partial charge on any atom is -0.457 e. The molecule has 2 amide bonds. The summed E-state index contributed by atoms with van der Waals surface area (Å²) < 4.78 is 28.8. The van der Waals surface area contributed by atoms with Crippen LogP contribution in [0, 0.1) is 12.3 Å². The molecular weight excluding hydrogens is 464 g/mol. The molecule has 4 rings (SSSR count). The molecule has 3 aromatic rings. The Labute approximate surface area is 203 Å². The van der Waals surface area contributed by atoms with Crippen molar-refractivity contribution in [1.82, 2.24) is 4.90 Å². The van der Waals surface area contributed by atoms with Crippen LogP contribution in [0.2, 0.25) is 0 Å². The molecule has 1 aliphatic heterocycles. The Kier molecular flexibility index (Phi) is 6.56. The number of sulfonamides is 1. The first-order chi connectivity index (χ1) is 16.7. The van der Waals surface area contributed by atoms with E-state index >= 15 is 0 Å². The summed E-state index contributed by atoms with van der Waals surface area (Å²) in [4.78, 5) is 27.3. The Morgan fingerprint density at radius 3 is 2.31 bits per heavy atom. The fourth-order valence-corrected chi connectivity index (χ4v) is 4.31. The van der Waals surface area contributed by atoms with Gasteiger partial charge in [0.2, 0.25) is 10.0 Å². The summed E-state index contributed by atoms with van der Waals surface area (Å²) >= 11 is 0. The van der Waals surface area contributed by atoms with Gasteiger partial charge in [-0.25, -0.2) is 13.6 Å². The Balaban J connectivity index is 1.63. The second-order valence-corrected chi connectivity index (χ2v) is 9.53. The molecule has 0 saturated carbocycles. The van der Waals surface area contributed by atoms with Gasteiger partial charge in [-0.05, 0) is 67.0 Å². The van der Waals surface area contributed by atoms with E-state index in [2.05, 4.69) is 5.92 Å². The number of carbonyl (C=O) groups is 2. The van der Waals surface area contributed by atoms with E-state index < -0.39 is 21.8 Å². The summed E-state index contributed by atoms with van der Waals surface area (Å²) in [5, 5.41) is 5.14. The molecule has 8 heteroatoms. The molecule has 0 unspecified atom stereocenters. The summed E-state index contributed by atoms with van der Waals surface area (Å²) in [6.07, 6.45) is 7.67. The highest BCUT2D eigenvalue weighted by molar-refractivity contribution is 7.89. The summed E-state index contributed by atoms with van der Waals surface area (Å²) in [6.45, 7) is 1.83. The highest BCUT2D eigenvalue weighted by atomic mass is 32.2. The molecule has 0 bridgehead atoms. The van der Waals surface area contributed by atoms with Crippen molar-refractivity contribution in [1.29, 1.82) is 0 Å². The highest BCUT2D eigenvalue weighted by Gasteiger charge is 2.34. The van der Waals surface area contributed by atoms with Crippen LogP contribution in [0.15, 0.2) is 92.8 Å². The van der Waals surface area contributed by atoms with E-state index in [0.29, 0.717) is 29.1 Å². The van der Waals surface area contributed by atoms with Gasteiger partial charge in [0.15, 0.2) is 0 Å². The molecule has 0 radical (unpaired) electrons. The van der Waals surface area contributed by atoms with Crippen LogP contribution in [-0.4, -0.2) is 31.7 Å². The smallest absolute Gasteiger partial charge is 0.269 e. The van der Waals surface area contributed by atoms with Gasteiger partial charge in [-0.15, -0.1) is 6.42 Å². The van der Waals surface area contributed by atoms with Gasteiger partial charge in [-0.2, -0.15) is 0 Å². The first-order valence-electron chi connectivity index (χ1n) is 10.7. The number of hydrogen-bond donors (Lipinski definition) is 1. The number of rotatable bonds is 6. The Morgan fingerprint density at radius 1 is 1.00 bits per heavy atom. The van der Waals surface area contributed by atoms with Crippen LogP contribution in [0.1, 0.15) is 18.2 Å². The van der Waals surface area contributed by atoms with Crippen LogP contribution in [-0.2, 0) is 26.0 Å². The van der Waals surface area contributed by atoms with Gasteiger partial charge in [-0.1, -0.05) is 36.3 Å². The summed E-state index contributed by atoms with van der Waals surface area (Å²) in [6, 6.07) is 18.9. The van der Waals surface area contributed by atoms with Gasteiger partial charge >= 0.3 is 0 Å². The van der Waals surface area contributed by atoms with Crippen molar-refractivity contribution in [2.24, 2.45) is 5.14 Å². The van der Waals surface area contributed by atoms with Gasteiger partial charge in [0, 0.05) is 17.7 Å². The molecule has 0 atom stereocenters. The quantitative estimate of drug-likeness (QED) is 0.326. The fraction of sp³-hybridized carbons (Fsp3) is 0.111. The second kappa shape index (κ2) is 9.58. The van der Waals surface area contributed by atoms with Crippen LogP contribution < -0.4 is 5.14 Å². The molecule has 7 nitrogen and oxygen atoms in total. The summed E-state index contributed by atoms with van der Waals surface area (Å²) in [5.41, 5.74) is 2.45. The van der Waals surface area contributed by atoms with E-state index in [9.17, 15) is 18.0 Å². The number of nitrogens with zero attached hydrogens (tertiary/aromatic N) is 1. The van der Waals surface area contributed by atoms with Gasteiger partial charge in [0.05, 0.1) is 10.5 Å². The van der Waals surface area contributed by atoms with Crippen LogP contribution in [0.3, 0.4) is 0 Å². The second-order valence-electron chi connectivity index (χ2n) is 7.97. The van der Waals surface area contributed by atoms with Gasteiger partial charge < -0.3 is 4.42 Å². The molecule has 0 saturated heterocycles. The van der Waals surface area contributed by atoms with Crippen LogP contribution >= 0.6 is 0 Å². The average Bonchev–Trinajstić information content (AvgIpc) is 3.31. The van der Waals surface area contributed by atoms with Gasteiger partial charge in [-0.3, -0.25) is 14.5 Å². The number of imide groups is 1. The number of hydrogen-bond acceptors (Lipinski definition) is 5. The monoisotopic (exact) mass is 486 g/mol. The van der Waals surface area contributed by atoms with Crippen molar-refractivity contribution in [3.05, 3.63) is 94.8 Å². The molecule has 0 fully saturated rings. The molecule has 2 N–H and O–H groups in total. The normalized spacial score (nSPS) is 15.6. The van der Waals surface area contributed by atoms with Crippen LogP contribution in [0.25, 0.3) is 17.4 Å². The number of furan rings is 1. The lowest BCUT2D eigenvalue weighted by atomic mass is 9.94. The van der Waals surface area contributed by atoms with Crippen molar-refractivity contribution in [2.45, 2.75) is 18.2 Å². The van der Waals surface area contributed by atoms with Crippen molar-refractivity contribution < 1.29 is 22.4 Å². The molecule has 0 spiro atoms. The molecule has 35 heavy (non-hydrogen) atoms. The molecular formula is C27H22N2O5S. The predicted octanol–water partition coefficient (Wildman–Crippen LogP) is 3.54. The Morgan fingerprint density at radius 2 is 1.69 bits per heavy atom. The maximum atomic E-state index is 13.3. The predicted molar refractivity (Wildman–Crippen MR) is 132 cm³/mol. The molecule has 1 aliphatic rings. The van der Waals surface area contributed by atoms with E-state index in [0.717, 1.165) is 10.5 Å². The van der Waals surface area contributed by atoms with E-state index in [1.807, 2.05) is 30.3 Å². The third-order valence-electron chi connectivity index (χ3n) is 5.71. The first kappa shape index (κ1) is 24.0. The zero-order valence-electron chi connectivity index (χ0n) is 18.9. The van der Waals surface area contributed by atoms with Crippen molar-refractivity contribution >= 4 is 27.9 Å². The summed E-state index contributed by atoms with van der Waals surface area (Å²) in [5.74, 6) is 2.34. The van der Waals surface area contributed by atoms with Crippen LogP contribution in [0.5, 0.6) is 0 Å². The number of nitrogens with two attached hydrogens (primary N) is 1. The summed E-state index contributed by atoms with van der Waals surface area (Å²) in [7, 11) is -3.80. The minimum atomic E-state index is -3.80. The Hall–Kier alpha value is -4.19. The third-order valence-corrected chi connectivity index (χ3v) is 6.63. The Bertz CT molecular complexity index is 1510. The first-order valence-corrected chi connectivity index (χ1v) is 12.3. The lowest BCUT2D eigenvalue weighted by Gasteiger charge is -2.27.